The lowest BCUT2D eigenvalue weighted by atomic mass is 10.1. The molecule has 0 unspecified atom stereocenters. The van der Waals surface area contributed by atoms with Crippen molar-refractivity contribution in [2.75, 3.05) is 18.1 Å². The van der Waals surface area contributed by atoms with Crippen LogP contribution in [0.1, 0.15) is 35.7 Å². The summed E-state index contributed by atoms with van der Waals surface area (Å²) in [4.78, 5) is 19.7. The summed E-state index contributed by atoms with van der Waals surface area (Å²) in [5.41, 5.74) is 5.33. The Labute approximate surface area is 204 Å². The van der Waals surface area contributed by atoms with Gasteiger partial charge < -0.3 is 14.2 Å². The molecule has 1 aromatic heterocycles. The lowest BCUT2D eigenvalue weighted by Gasteiger charge is -2.17. The van der Waals surface area contributed by atoms with E-state index in [4.69, 9.17) is 21.3 Å². The summed E-state index contributed by atoms with van der Waals surface area (Å²) in [6, 6.07) is 21.9. The predicted octanol–water partition coefficient (Wildman–Crippen LogP) is 6.30. The van der Waals surface area contributed by atoms with Crippen LogP contribution >= 0.6 is 11.6 Å². The molecule has 0 N–H and O–H groups in total. The summed E-state index contributed by atoms with van der Waals surface area (Å²) in [5.74, 6) is 2.05. The summed E-state index contributed by atoms with van der Waals surface area (Å²) in [6.07, 6.45) is 1.30. The molecule has 2 heterocycles. The second-order valence-electron chi connectivity index (χ2n) is 8.96. The number of aromatic nitrogens is 2. The molecule has 1 atom stereocenters. The van der Waals surface area contributed by atoms with Crippen molar-refractivity contribution >= 4 is 34.2 Å². The molecule has 4 aromatic rings. The Kier molecular flexibility index (Phi) is 6.29. The first kappa shape index (κ1) is 22.5. The number of benzene rings is 3. The zero-order chi connectivity index (χ0) is 23.7. The molecule has 0 aliphatic carbocycles. The lowest BCUT2D eigenvalue weighted by Crippen LogP contribution is -2.24. The Hall–Kier alpha value is -3.31. The lowest BCUT2D eigenvalue weighted by molar-refractivity contribution is -0.117. The molecule has 0 radical (unpaired) electrons. The largest absolute Gasteiger partial charge is 0.493 e. The van der Waals surface area contributed by atoms with Gasteiger partial charge in [-0.15, -0.1) is 0 Å². The number of carbonyl (C=O) groups excluding carboxylic acids is 1. The van der Waals surface area contributed by atoms with Crippen LogP contribution in [-0.2, 0) is 11.3 Å². The molecule has 5 rings (SSSR count). The van der Waals surface area contributed by atoms with E-state index in [1.807, 2.05) is 53.4 Å². The number of anilines is 1. The van der Waals surface area contributed by atoms with Crippen LogP contribution in [0.5, 0.6) is 5.75 Å². The highest BCUT2D eigenvalue weighted by Gasteiger charge is 2.34. The molecule has 174 valence electrons. The van der Waals surface area contributed by atoms with Gasteiger partial charge in [-0.3, -0.25) is 4.79 Å². The van der Waals surface area contributed by atoms with Crippen molar-refractivity contribution in [3.8, 4) is 5.75 Å². The van der Waals surface area contributed by atoms with E-state index in [1.54, 1.807) is 0 Å². The molecule has 1 amide bonds. The minimum absolute atomic E-state index is 0.0378. The number of ether oxygens (including phenoxy) is 1. The zero-order valence-corrected chi connectivity index (χ0v) is 20.3. The number of nitrogens with zero attached hydrogens (tertiary/aromatic N) is 3. The first-order valence-electron chi connectivity index (χ1n) is 11.7. The molecule has 0 bridgehead atoms. The van der Waals surface area contributed by atoms with Crippen molar-refractivity contribution in [3.05, 3.63) is 88.7 Å². The van der Waals surface area contributed by atoms with Crippen LogP contribution in [-0.4, -0.2) is 28.6 Å². The van der Waals surface area contributed by atoms with Gasteiger partial charge in [-0.05, 0) is 68.3 Å². The minimum atomic E-state index is 0.0378. The second kappa shape index (κ2) is 9.51. The molecule has 0 spiro atoms. The number of hydrogen-bond donors (Lipinski definition) is 0. The van der Waals surface area contributed by atoms with Crippen LogP contribution in [0, 0.1) is 13.8 Å². The summed E-state index contributed by atoms with van der Waals surface area (Å²) in [5, 5.41) is 0.664. The standard InChI is InChI=1S/C28H28ClN3O2/c1-19-8-13-26(20(2)16-19)34-15-5-14-31-25-7-4-3-6-24(25)30-28(31)21-17-27(33)32(18-21)23-11-9-22(29)10-12-23/h3-4,6-13,16,21H,5,14-15,17-18H2,1-2H3/t21-/m1/s1. The van der Waals surface area contributed by atoms with Crippen molar-refractivity contribution in [2.45, 2.75) is 39.2 Å². The maximum atomic E-state index is 12.9. The molecule has 5 nitrogen and oxygen atoms in total. The number of amides is 1. The van der Waals surface area contributed by atoms with Crippen LogP contribution < -0.4 is 9.64 Å². The molecule has 1 fully saturated rings. The van der Waals surface area contributed by atoms with E-state index < -0.39 is 0 Å². The van der Waals surface area contributed by atoms with E-state index in [0.717, 1.165) is 46.8 Å². The van der Waals surface area contributed by atoms with Crippen LogP contribution in [0.4, 0.5) is 5.69 Å². The third-order valence-corrected chi connectivity index (χ3v) is 6.68. The molecule has 34 heavy (non-hydrogen) atoms. The van der Waals surface area contributed by atoms with E-state index in [-0.39, 0.29) is 11.8 Å². The fourth-order valence-corrected chi connectivity index (χ4v) is 4.88. The Morgan fingerprint density at radius 3 is 2.65 bits per heavy atom. The smallest absolute Gasteiger partial charge is 0.227 e. The van der Waals surface area contributed by atoms with E-state index >= 15 is 0 Å². The SMILES string of the molecule is Cc1ccc(OCCCn2c([C@@H]3CC(=O)N(c4ccc(Cl)cc4)C3)nc3ccccc32)c(C)c1. The number of aryl methyl sites for hydroxylation is 3. The third kappa shape index (κ3) is 4.53. The van der Waals surface area contributed by atoms with Crippen LogP contribution in [0.25, 0.3) is 11.0 Å². The quantitative estimate of drug-likeness (QED) is 0.296. The molecular formula is C28H28ClN3O2. The minimum Gasteiger partial charge on any atom is -0.493 e. The topological polar surface area (TPSA) is 47.4 Å². The Morgan fingerprint density at radius 1 is 1.06 bits per heavy atom. The van der Waals surface area contributed by atoms with Gasteiger partial charge in [0.25, 0.3) is 0 Å². The summed E-state index contributed by atoms with van der Waals surface area (Å²) < 4.78 is 8.33. The number of carbonyl (C=O) groups is 1. The fraction of sp³-hybridized carbons (Fsp3) is 0.286. The zero-order valence-electron chi connectivity index (χ0n) is 19.5. The van der Waals surface area contributed by atoms with Gasteiger partial charge in [-0.2, -0.15) is 0 Å². The van der Waals surface area contributed by atoms with Gasteiger partial charge in [0.2, 0.25) is 5.91 Å². The molecule has 1 aliphatic heterocycles. The highest BCUT2D eigenvalue weighted by atomic mass is 35.5. The summed E-state index contributed by atoms with van der Waals surface area (Å²) >= 11 is 6.03. The average molecular weight is 474 g/mol. The molecule has 1 saturated heterocycles. The third-order valence-electron chi connectivity index (χ3n) is 6.43. The van der Waals surface area contributed by atoms with Gasteiger partial charge in [0.15, 0.2) is 0 Å². The molecule has 0 saturated carbocycles. The van der Waals surface area contributed by atoms with Gasteiger partial charge in [-0.1, -0.05) is 41.4 Å². The normalized spacial score (nSPS) is 15.9. The van der Waals surface area contributed by atoms with Crippen molar-refractivity contribution in [2.24, 2.45) is 0 Å². The van der Waals surface area contributed by atoms with E-state index in [1.165, 1.54) is 5.56 Å². The first-order valence-corrected chi connectivity index (χ1v) is 12.1. The maximum absolute atomic E-state index is 12.9. The van der Waals surface area contributed by atoms with Gasteiger partial charge in [-0.25, -0.2) is 4.98 Å². The highest BCUT2D eigenvalue weighted by molar-refractivity contribution is 6.30. The molecule has 1 aliphatic rings. The van der Waals surface area contributed by atoms with E-state index in [2.05, 4.69) is 36.6 Å². The van der Waals surface area contributed by atoms with Gasteiger partial charge in [0.05, 0.1) is 17.6 Å². The molecular weight excluding hydrogens is 446 g/mol. The van der Waals surface area contributed by atoms with Crippen molar-refractivity contribution in [1.82, 2.24) is 9.55 Å². The Balaban J connectivity index is 1.34. The Bertz CT molecular complexity index is 1330. The van der Waals surface area contributed by atoms with E-state index in [9.17, 15) is 4.79 Å². The number of halogens is 1. The fourth-order valence-electron chi connectivity index (χ4n) is 4.76. The second-order valence-corrected chi connectivity index (χ2v) is 9.40. The van der Waals surface area contributed by atoms with Crippen LogP contribution in [0.15, 0.2) is 66.7 Å². The number of imidazole rings is 1. The maximum Gasteiger partial charge on any atom is 0.227 e. The monoisotopic (exact) mass is 473 g/mol. The Morgan fingerprint density at radius 2 is 1.85 bits per heavy atom. The van der Waals surface area contributed by atoms with Gasteiger partial charge >= 0.3 is 0 Å². The number of para-hydroxylation sites is 2. The molecule has 3 aromatic carbocycles. The van der Waals surface area contributed by atoms with Crippen LogP contribution in [0.2, 0.25) is 5.02 Å². The van der Waals surface area contributed by atoms with Crippen molar-refractivity contribution in [1.29, 1.82) is 0 Å². The highest BCUT2D eigenvalue weighted by Crippen LogP contribution is 2.33. The number of hydrogen-bond acceptors (Lipinski definition) is 3. The van der Waals surface area contributed by atoms with Crippen molar-refractivity contribution < 1.29 is 9.53 Å². The first-order chi connectivity index (χ1) is 16.5. The van der Waals surface area contributed by atoms with Crippen molar-refractivity contribution in [3.63, 3.8) is 0 Å². The van der Waals surface area contributed by atoms with Gasteiger partial charge in [0, 0.05) is 36.1 Å². The predicted molar refractivity (Wildman–Crippen MR) is 137 cm³/mol. The van der Waals surface area contributed by atoms with E-state index in [0.29, 0.717) is 24.6 Å². The number of rotatable bonds is 7. The van der Waals surface area contributed by atoms with Crippen LogP contribution in [0.3, 0.4) is 0 Å². The summed E-state index contributed by atoms with van der Waals surface area (Å²) in [6.45, 7) is 6.18. The average Bonchev–Trinajstić information content (AvgIpc) is 3.39. The summed E-state index contributed by atoms with van der Waals surface area (Å²) in [7, 11) is 0. The van der Waals surface area contributed by atoms with Gasteiger partial charge in [0.1, 0.15) is 11.6 Å². The number of fused-ring (bicyclic) bond motifs is 1. The molecule has 6 heteroatoms.